The summed E-state index contributed by atoms with van der Waals surface area (Å²) in [6.07, 6.45) is 4.12. The van der Waals surface area contributed by atoms with E-state index in [9.17, 15) is 0 Å². The molecule has 1 atom stereocenters. The molecule has 0 aromatic carbocycles. The molecule has 2 saturated heterocycles. The van der Waals surface area contributed by atoms with Crippen LogP contribution in [0.5, 0.6) is 0 Å². The average Bonchev–Trinajstić information content (AvgIpc) is 2.87. The topological polar surface area (TPSA) is 45.4 Å². The maximum absolute atomic E-state index is 4.74. The Hall–Kier alpha value is -0.940. The third kappa shape index (κ3) is 1.89. The number of fused-ring (bicyclic) bond motifs is 1. The predicted molar refractivity (Wildman–Crippen MR) is 54.2 cm³/mol. The summed E-state index contributed by atoms with van der Waals surface area (Å²) in [6, 6.07) is 0.769. The third-order valence-corrected chi connectivity index (χ3v) is 3.44. The quantitative estimate of drug-likeness (QED) is 0.701. The van der Waals surface area contributed by atoms with Gasteiger partial charge in [-0.25, -0.2) is 0 Å². The van der Waals surface area contributed by atoms with Crippen LogP contribution in [0.2, 0.25) is 0 Å². The molecule has 82 valence electrons. The maximum Gasteiger partial charge on any atom is 0.213 e. The Morgan fingerprint density at radius 3 is 3.27 bits per heavy atom. The van der Waals surface area contributed by atoms with E-state index < -0.39 is 0 Å². The molecule has 1 unspecified atom stereocenters. The minimum Gasteiger partial charge on any atom is -0.343 e. The first kappa shape index (κ1) is 9.30. The minimum absolute atomic E-state index is 0.769. The van der Waals surface area contributed by atoms with E-state index in [1.54, 1.807) is 0 Å². The van der Waals surface area contributed by atoms with Crippen LogP contribution in [0.1, 0.15) is 18.7 Å². The van der Waals surface area contributed by atoms with Crippen molar-refractivity contribution in [3.05, 3.63) is 12.2 Å². The van der Waals surface area contributed by atoms with Gasteiger partial charge in [0.05, 0.1) is 6.54 Å². The molecule has 0 saturated carbocycles. The van der Waals surface area contributed by atoms with E-state index in [0.29, 0.717) is 0 Å². The van der Waals surface area contributed by atoms with Crippen LogP contribution >= 0.6 is 0 Å². The van der Waals surface area contributed by atoms with E-state index in [-0.39, 0.29) is 0 Å². The Morgan fingerprint density at radius 1 is 1.40 bits per heavy atom. The van der Waals surface area contributed by atoms with Gasteiger partial charge in [-0.05, 0) is 19.4 Å². The predicted octanol–water partition coefficient (Wildman–Crippen LogP) is 0.350. The van der Waals surface area contributed by atoms with E-state index >= 15 is 0 Å². The minimum atomic E-state index is 0.769. The van der Waals surface area contributed by atoms with E-state index in [2.05, 4.69) is 19.9 Å². The molecule has 2 fully saturated rings. The molecular formula is C10H16N4O. The van der Waals surface area contributed by atoms with Crippen LogP contribution < -0.4 is 0 Å². The molecule has 5 heteroatoms. The molecule has 0 aliphatic carbocycles. The normalized spacial score (nSPS) is 28.1. The first-order chi connectivity index (χ1) is 7.42. The van der Waals surface area contributed by atoms with Crippen molar-refractivity contribution in [2.45, 2.75) is 25.4 Å². The zero-order chi connectivity index (χ0) is 10.1. The maximum atomic E-state index is 4.74. The van der Waals surface area contributed by atoms with Crippen LogP contribution in [0, 0.1) is 0 Å². The number of hydrogen-bond acceptors (Lipinski definition) is 5. The van der Waals surface area contributed by atoms with Crippen molar-refractivity contribution in [2.75, 3.05) is 26.2 Å². The summed E-state index contributed by atoms with van der Waals surface area (Å²) < 4.78 is 4.74. The van der Waals surface area contributed by atoms with Gasteiger partial charge in [0.1, 0.15) is 0 Å². The van der Waals surface area contributed by atoms with Crippen molar-refractivity contribution in [3.8, 4) is 0 Å². The van der Waals surface area contributed by atoms with Gasteiger partial charge in [0, 0.05) is 25.7 Å². The molecule has 2 aliphatic rings. The van der Waals surface area contributed by atoms with Crippen LogP contribution in [0.4, 0.5) is 0 Å². The molecule has 2 aliphatic heterocycles. The molecule has 5 nitrogen and oxygen atoms in total. The number of aromatic nitrogens is 2. The highest BCUT2D eigenvalue weighted by Gasteiger charge is 2.30. The van der Waals surface area contributed by atoms with Crippen LogP contribution in [-0.4, -0.2) is 52.2 Å². The lowest BCUT2D eigenvalue weighted by atomic mass is 10.1. The molecular weight excluding hydrogens is 192 g/mol. The monoisotopic (exact) mass is 208 g/mol. The Kier molecular flexibility index (Phi) is 2.42. The highest BCUT2D eigenvalue weighted by Crippen LogP contribution is 2.21. The molecule has 0 bridgehead atoms. The fraction of sp³-hybridized carbons (Fsp3) is 0.800. The van der Waals surface area contributed by atoms with Gasteiger partial charge in [-0.2, -0.15) is 4.98 Å². The van der Waals surface area contributed by atoms with Gasteiger partial charge >= 0.3 is 0 Å². The smallest absolute Gasteiger partial charge is 0.213 e. The average molecular weight is 208 g/mol. The molecule has 0 N–H and O–H groups in total. The van der Waals surface area contributed by atoms with Crippen molar-refractivity contribution >= 4 is 0 Å². The van der Waals surface area contributed by atoms with Crippen molar-refractivity contribution in [1.29, 1.82) is 0 Å². The van der Waals surface area contributed by atoms with Crippen LogP contribution in [-0.2, 0) is 6.54 Å². The second-order valence-electron chi connectivity index (χ2n) is 4.41. The van der Waals surface area contributed by atoms with Gasteiger partial charge < -0.3 is 4.52 Å². The number of hydrogen-bond donors (Lipinski definition) is 0. The summed E-state index contributed by atoms with van der Waals surface area (Å²) in [5.74, 6) is 0.807. The number of nitrogens with zero attached hydrogens (tertiary/aromatic N) is 4. The summed E-state index contributed by atoms with van der Waals surface area (Å²) >= 11 is 0. The SMILES string of the molecule is c1nc(CN2CCN3CCCC3C2)no1. The standard InChI is InChI=1S/C10H16N4O/c1-2-9-6-13(4-5-14(9)3-1)7-10-11-8-15-12-10/h8-9H,1-7H2. The second kappa shape index (κ2) is 3.90. The number of piperazine rings is 1. The molecule has 1 aromatic heterocycles. The molecule has 3 heterocycles. The van der Waals surface area contributed by atoms with Crippen molar-refractivity contribution in [3.63, 3.8) is 0 Å². The largest absolute Gasteiger partial charge is 0.343 e. The van der Waals surface area contributed by atoms with Gasteiger partial charge in [-0.1, -0.05) is 5.16 Å². The van der Waals surface area contributed by atoms with Crippen molar-refractivity contribution in [1.82, 2.24) is 19.9 Å². The Morgan fingerprint density at radius 2 is 2.40 bits per heavy atom. The lowest BCUT2D eigenvalue weighted by Gasteiger charge is -2.36. The van der Waals surface area contributed by atoms with Crippen LogP contribution in [0.25, 0.3) is 0 Å². The van der Waals surface area contributed by atoms with E-state index in [1.165, 1.54) is 32.3 Å². The Labute approximate surface area is 89.0 Å². The fourth-order valence-corrected chi connectivity index (χ4v) is 2.66. The Bertz CT molecular complexity index is 313. The first-order valence-corrected chi connectivity index (χ1v) is 5.63. The highest BCUT2D eigenvalue weighted by molar-refractivity contribution is 4.89. The molecule has 0 radical (unpaired) electrons. The van der Waals surface area contributed by atoms with E-state index in [1.807, 2.05) is 0 Å². The summed E-state index contributed by atoms with van der Waals surface area (Å²) in [5, 5.41) is 3.85. The molecule has 0 spiro atoms. The lowest BCUT2D eigenvalue weighted by molar-refractivity contribution is 0.0968. The fourth-order valence-electron chi connectivity index (χ4n) is 2.66. The van der Waals surface area contributed by atoms with Gasteiger partial charge in [0.15, 0.2) is 5.82 Å². The van der Waals surface area contributed by atoms with Crippen molar-refractivity contribution in [2.24, 2.45) is 0 Å². The van der Waals surface area contributed by atoms with Crippen LogP contribution in [0.3, 0.4) is 0 Å². The summed E-state index contributed by atoms with van der Waals surface area (Å²) in [4.78, 5) is 9.09. The lowest BCUT2D eigenvalue weighted by Crippen LogP contribution is -2.49. The van der Waals surface area contributed by atoms with E-state index in [4.69, 9.17) is 4.52 Å². The van der Waals surface area contributed by atoms with Crippen molar-refractivity contribution < 1.29 is 4.52 Å². The highest BCUT2D eigenvalue weighted by atomic mass is 16.5. The molecule has 15 heavy (non-hydrogen) atoms. The van der Waals surface area contributed by atoms with Gasteiger partial charge in [-0.15, -0.1) is 0 Å². The van der Waals surface area contributed by atoms with E-state index in [0.717, 1.165) is 31.5 Å². The zero-order valence-electron chi connectivity index (χ0n) is 8.80. The molecule has 3 rings (SSSR count). The molecule has 0 amide bonds. The Balaban J connectivity index is 1.59. The summed E-state index contributed by atoms with van der Waals surface area (Å²) in [6.45, 7) is 5.61. The number of rotatable bonds is 2. The van der Waals surface area contributed by atoms with Crippen LogP contribution in [0.15, 0.2) is 10.9 Å². The molecule has 1 aromatic rings. The summed E-state index contributed by atoms with van der Waals surface area (Å²) in [5.41, 5.74) is 0. The summed E-state index contributed by atoms with van der Waals surface area (Å²) in [7, 11) is 0. The van der Waals surface area contributed by atoms with Gasteiger partial charge in [0.2, 0.25) is 6.39 Å². The van der Waals surface area contributed by atoms with Gasteiger partial charge in [-0.3, -0.25) is 9.80 Å². The zero-order valence-corrected chi connectivity index (χ0v) is 8.80. The third-order valence-electron chi connectivity index (χ3n) is 3.44. The second-order valence-corrected chi connectivity index (χ2v) is 4.41. The van der Waals surface area contributed by atoms with Gasteiger partial charge in [0.25, 0.3) is 0 Å². The first-order valence-electron chi connectivity index (χ1n) is 5.63.